The van der Waals surface area contributed by atoms with E-state index in [0.717, 1.165) is 0 Å². The molecule has 0 aromatic heterocycles. The summed E-state index contributed by atoms with van der Waals surface area (Å²) in [6, 6.07) is 2.86. The highest BCUT2D eigenvalue weighted by atomic mass is 35.5. The van der Waals surface area contributed by atoms with E-state index in [0.29, 0.717) is 0 Å². The maximum absolute atomic E-state index is 13.2. The van der Waals surface area contributed by atoms with Gasteiger partial charge in [-0.1, -0.05) is 23.4 Å². The number of ether oxygens (including phenoxy) is 1. The first-order valence-corrected chi connectivity index (χ1v) is 4.73. The van der Waals surface area contributed by atoms with Gasteiger partial charge in [-0.3, -0.25) is 4.79 Å². The molecule has 0 radical (unpaired) electrons. The van der Waals surface area contributed by atoms with Gasteiger partial charge in [0.2, 0.25) is 0 Å². The minimum atomic E-state index is -0.702. The minimum Gasteiger partial charge on any atom is -0.468 e. The number of nitrogen functional groups attached to an aromatic ring is 1. The van der Waals surface area contributed by atoms with Gasteiger partial charge in [0.05, 0.1) is 17.8 Å². The first kappa shape index (κ1) is 12.3. The lowest BCUT2D eigenvalue weighted by Crippen LogP contribution is -1.97. The molecule has 16 heavy (non-hydrogen) atoms. The Bertz CT molecular complexity index is 477. The van der Waals surface area contributed by atoms with Gasteiger partial charge in [0, 0.05) is 5.56 Å². The molecule has 0 fully saturated rings. The SMILES string of the molecule is COC(=O)CC#Cc1ccc(N)c(F)c1Cl. The lowest BCUT2D eigenvalue weighted by Gasteiger charge is -2.00. The summed E-state index contributed by atoms with van der Waals surface area (Å²) in [5, 5.41) is -0.141. The Morgan fingerprint density at radius 3 is 2.94 bits per heavy atom. The Morgan fingerprint density at radius 2 is 2.31 bits per heavy atom. The molecule has 1 rings (SSSR count). The molecule has 0 heterocycles. The second-order valence-electron chi connectivity index (χ2n) is 2.89. The van der Waals surface area contributed by atoms with Crippen LogP contribution in [-0.2, 0) is 9.53 Å². The third-order valence-electron chi connectivity index (χ3n) is 1.80. The zero-order valence-corrected chi connectivity index (χ0v) is 9.27. The summed E-state index contributed by atoms with van der Waals surface area (Å²) >= 11 is 5.67. The largest absolute Gasteiger partial charge is 0.468 e. The Balaban J connectivity index is 2.90. The summed E-state index contributed by atoms with van der Waals surface area (Å²) in [5.74, 6) is 3.93. The summed E-state index contributed by atoms with van der Waals surface area (Å²) in [7, 11) is 1.26. The van der Waals surface area contributed by atoms with Crippen LogP contribution in [-0.4, -0.2) is 13.1 Å². The number of anilines is 1. The normalized spacial score (nSPS) is 9.19. The van der Waals surface area contributed by atoms with Crippen molar-refractivity contribution in [2.45, 2.75) is 6.42 Å². The quantitative estimate of drug-likeness (QED) is 0.465. The van der Waals surface area contributed by atoms with Gasteiger partial charge in [-0.15, -0.1) is 0 Å². The third-order valence-corrected chi connectivity index (χ3v) is 2.17. The lowest BCUT2D eigenvalue weighted by molar-refractivity contribution is -0.139. The first-order valence-electron chi connectivity index (χ1n) is 4.35. The van der Waals surface area contributed by atoms with E-state index in [-0.39, 0.29) is 22.7 Å². The molecule has 0 saturated carbocycles. The summed E-state index contributed by atoms with van der Waals surface area (Å²) in [6.07, 6.45) is -0.0706. The van der Waals surface area contributed by atoms with Gasteiger partial charge in [0.25, 0.3) is 0 Å². The molecule has 1 aromatic carbocycles. The second-order valence-corrected chi connectivity index (χ2v) is 3.26. The van der Waals surface area contributed by atoms with Gasteiger partial charge in [0.15, 0.2) is 5.82 Å². The van der Waals surface area contributed by atoms with Crippen LogP contribution in [0, 0.1) is 17.7 Å². The van der Waals surface area contributed by atoms with E-state index in [9.17, 15) is 9.18 Å². The molecule has 84 valence electrons. The monoisotopic (exact) mass is 241 g/mol. The fourth-order valence-corrected chi connectivity index (χ4v) is 1.16. The molecule has 0 aliphatic heterocycles. The average molecular weight is 242 g/mol. The molecular formula is C11H9ClFNO2. The maximum Gasteiger partial charge on any atom is 0.317 e. The van der Waals surface area contributed by atoms with E-state index in [4.69, 9.17) is 17.3 Å². The summed E-state index contributed by atoms with van der Waals surface area (Å²) in [6.45, 7) is 0. The predicted molar refractivity (Wildman–Crippen MR) is 59.3 cm³/mol. The van der Waals surface area contributed by atoms with Crippen molar-refractivity contribution in [3.05, 3.63) is 28.5 Å². The molecule has 0 atom stereocenters. The number of carbonyl (C=O) groups is 1. The van der Waals surface area contributed by atoms with Crippen LogP contribution in [0.1, 0.15) is 12.0 Å². The van der Waals surface area contributed by atoms with Crippen LogP contribution in [0.25, 0.3) is 0 Å². The van der Waals surface area contributed by atoms with Crippen LogP contribution in [0.3, 0.4) is 0 Å². The van der Waals surface area contributed by atoms with E-state index in [1.54, 1.807) is 0 Å². The van der Waals surface area contributed by atoms with Gasteiger partial charge >= 0.3 is 5.97 Å². The van der Waals surface area contributed by atoms with Crippen molar-refractivity contribution in [1.82, 2.24) is 0 Å². The van der Waals surface area contributed by atoms with Crippen molar-refractivity contribution in [3.63, 3.8) is 0 Å². The van der Waals surface area contributed by atoms with Gasteiger partial charge < -0.3 is 10.5 Å². The van der Waals surface area contributed by atoms with Crippen molar-refractivity contribution in [3.8, 4) is 11.8 Å². The van der Waals surface area contributed by atoms with Crippen molar-refractivity contribution < 1.29 is 13.9 Å². The van der Waals surface area contributed by atoms with E-state index in [1.807, 2.05) is 0 Å². The van der Waals surface area contributed by atoms with Crippen molar-refractivity contribution in [1.29, 1.82) is 0 Å². The van der Waals surface area contributed by atoms with Crippen LogP contribution in [0.2, 0.25) is 5.02 Å². The van der Waals surface area contributed by atoms with E-state index < -0.39 is 11.8 Å². The number of hydrogen-bond donors (Lipinski definition) is 1. The van der Waals surface area contributed by atoms with Crippen LogP contribution < -0.4 is 5.73 Å². The molecule has 0 amide bonds. The summed E-state index contributed by atoms with van der Waals surface area (Å²) in [4.78, 5) is 10.8. The highest BCUT2D eigenvalue weighted by Gasteiger charge is 2.07. The Hall–Kier alpha value is -1.73. The highest BCUT2D eigenvalue weighted by Crippen LogP contribution is 2.23. The second kappa shape index (κ2) is 5.38. The van der Waals surface area contributed by atoms with Crippen LogP contribution in [0.4, 0.5) is 10.1 Å². The number of rotatable bonds is 1. The van der Waals surface area contributed by atoms with Crippen molar-refractivity contribution >= 4 is 23.3 Å². The van der Waals surface area contributed by atoms with Crippen LogP contribution in [0.5, 0.6) is 0 Å². The fraction of sp³-hybridized carbons (Fsp3) is 0.182. The average Bonchev–Trinajstić information content (AvgIpc) is 2.29. The smallest absolute Gasteiger partial charge is 0.317 e. The van der Waals surface area contributed by atoms with Crippen LogP contribution >= 0.6 is 11.6 Å². The Labute approximate surface area is 97.3 Å². The number of nitrogens with two attached hydrogens (primary N) is 1. The zero-order chi connectivity index (χ0) is 12.1. The Kier molecular flexibility index (Phi) is 4.15. The van der Waals surface area contributed by atoms with Crippen molar-refractivity contribution in [2.24, 2.45) is 0 Å². The number of methoxy groups -OCH3 is 1. The molecular weight excluding hydrogens is 233 g/mol. The standard InChI is InChI=1S/C11H9ClFNO2/c1-16-9(15)4-2-3-7-5-6-8(14)11(13)10(7)12/h5-6H,4,14H2,1H3. The molecule has 0 saturated heterocycles. The molecule has 3 nitrogen and oxygen atoms in total. The summed E-state index contributed by atoms with van der Waals surface area (Å²) in [5.41, 5.74) is 5.56. The highest BCUT2D eigenvalue weighted by molar-refractivity contribution is 6.32. The zero-order valence-electron chi connectivity index (χ0n) is 8.51. The summed E-state index contributed by atoms with van der Waals surface area (Å²) < 4.78 is 17.6. The maximum atomic E-state index is 13.2. The topological polar surface area (TPSA) is 52.3 Å². The fourth-order valence-electron chi connectivity index (χ4n) is 0.945. The lowest BCUT2D eigenvalue weighted by atomic mass is 10.2. The van der Waals surface area contributed by atoms with E-state index in [1.165, 1.54) is 19.2 Å². The van der Waals surface area contributed by atoms with E-state index >= 15 is 0 Å². The van der Waals surface area contributed by atoms with Crippen LogP contribution in [0.15, 0.2) is 12.1 Å². The van der Waals surface area contributed by atoms with E-state index in [2.05, 4.69) is 16.6 Å². The number of halogens is 2. The van der Waals surface area contributed by atoms with Gasteiger partial charge in [-0.25, -0.2) is 4.39 Å². The molecule has 0 aliphatic carbocycles. The Morgan fingerprint density at radius 1 is 1.62 bits per heavy atom. The third kappa shape index (κ3) is 2.88. The molecule has 2 N–H and O–H groups in total. The van der Waals surface area contributed by atoms with Gasteiger partial charge in [0.1, 0.15) is 6.42 Å². The minimum absolute atomic E-state index is 0.0384. The van der Waals surface area contributed by atoms with Crippen molar-refractivity contribution in [2.75, 3.05) is 12.8 Å². The molecule has 0 bridgehead atoms. The van der Waals surface area contributed by atoms with Gasteiger partial charge in [-0.2, -0.15) is 0 Å². The molecule has 5 heteroatoms. The number of esters is 1. The predicted octanol–water partition coefficient (Wildman–Crippen LogP) is 1.98. The molecule has 0 spiro atoms. The number of carbonyl (C=O) groups excluding carboxylic acids is 1. The first-order chi connectivity index (χ1) is 7.56. The van der Waals surface area contributed by atoms with Gasteiger partial charge in [-0.05, 0) is 12.1 Å². The molecule has 0 aliphatic rings. The number of hydrogen-bond acceptors (Lipinski definition) is 3. The molecule has 1 aromatic rings. The molecule has 0 unspecified atom stereocenters. The number of benzene rings is 1.